The monoisotopic (exact) mass is 643 g/mol. The number of allylic oxidation sites excluding steroid dienone is 1. The van der Waals surface area contributed by atoms with Gasteiger partial charge in [0.15, 0.2) is 0 Å². The van der Waals surface area contributed by atoms with Gasteiger partial charge in [0.05, 0.1) is 24.5 Å². The van der Waals surface area contributed by atoms with Crippen LogP contribution in [0.2, 0.25) is 0 Å². The lowest BCUT2D eigenvalue weighted by atomic mass is 9.70. The van der Waals surface area contributed by atoms with Gasteiger partial charge in [-0.2, -0.15) is 0 Å². The molecular formula is C37H45N3O7. The smallest absolute Gasteiger partial charge is 0.313 e. The van der Waals surface area contributed by atoms with Crippen LogP contribution in [0.15, 0.2) is 86.0 Å². The molecule has 3 aliphatic rings. The molecule has 2 aromatic carbocycles. The maximum Gasteiger partial charge on any atom is 0.313 e. The van der Waals surface area contributed by atoms with Crippen LogP contribution in [-0.2, 0) is 35.2 Å². The van der Waals surface area contributed by atoms with Gasteiger partial charge in [-0.25, -0.2) is 0 Å². The molecule has 2 aromatic rings. The van der Waals surface area contributed by atoms with E-state index in [1.807, 2.05) is 60.7 Å². The van der Waals surface area contributed by atoms with Crippen LogP contribution in [0.5, 0.6) is 0 Å². The van der Waals surface area contributed by atoms with Crippen molar-refractivity contribution < 1.29 is 33.8 Å². The molecule has 10 nitrogen and oxygen atoms in total. The summed E-state index contributed by atoms with van der Waals surface area (Å²) in [6.45, 7) is 8.40. The molecule has 0 aromatic heterocycles. The van der Waals surface area contributed by atoms with Crippen molar-refractivity contribution in [3.8, 4) is 0 Å². The topological polar surface area (TPSA) is 125 Å². The van der Waals surface area contributed by atoms with E-state index < -0.39 is 41.7 Å². The molecule has 10 heteroatoms. The van der Waals surface area contributed by atoms with Gasteiger partial charge < -0.3 is 29.7 Å². The van der Waals surface area contributed by atoms with Crippen molar-refractivity contribution in [2.75, 3.05) is 26.2 Å². The Morgan fingerprint density at radius 3 is 2.49 bits per heavy atom. The Balaban J connectivity index is 1.42. The van der Waals surface area contributed by atoms with E-state index in [0.717, 1.165) is 5.56 Å². The lowest BCUT2D eigenvalue weighted by Crippen LogP contribution is -2.56. The van der Waals surface area contributed by atoms with E-state index in [1.54, 1.807) is 22.0 Å². The van der Waals surface area contributed by atoms with Gasteiger partial charge in [0.1, 0.15) is 17.7 Å². The van der Waals surface area contributed by atoms with Crippen molar-refractivity contribution in [3.63, 3.8) is 0 Å². The van der Waals surface area contributed by atoms with Crippen LogP contribution in [0.4, 0.5) is 0 Å². The third-order valence-corrected chi connectivity index (χ3v) is 9.48. The number of likely N-dealkylation sites (tertiary alicyclic amines) is 1. The predicted octanol–water partition coefficient (Wildman–Crippen LogP) is 3.72. The first-order valence-electron chi connectivity index (χ1n) is 16.5. The van der Waals surface area contributed by atoms with E-state index in [4.69, 9.17) is 9.47 Å². The lowest BCUT2D eigenvalue weighted by molar-refractivity contribution is -0.160. The molecule has 6 atom stereocenters. The number of rotatable bonds is 17. The summed E-state index contributed by atoms with van der Waals surface area (Å²) in [5, 5.41) is 12.3. The van der Waals surface area contributed by atoms with Crippen molar-refractivity contribution in [1.82, 2.24) is 15.1 Å². The second kappa shape index (κ2) is 15.5. The maximum atomic E-state index is 14.5. The van der Waals surface area contributed by atoms with Gasteiger partial charge in [0, 0.05) is 32.7 Å². The third kappa shape index (κ3) is 7.18. The first-order valence-corrected chi connectivity index (χ1v) is 16.5. The number of aliphatic hydroxyl groups is 1. The van der Waals surface area contributed by atoms with Gasteiger partial charge in [-0.15, -0.1) is 13.2 Å². The van der Waals surface area contributed by atoms with Crippen LogP contribution in [0, 0.1) is 11.8 Å². The Labute approximate surface area is 276 Å². The average Bonchev–Trinajstić information content (AvgIpc) is 3.73. The second-order valence-corrected chi connectivity index (χ2v) is 12.5. The zero-order valence-corrected chi connectivity index (χ0v) is 26.8. The minimum atomic E-state index is -1.18. The summed E-state index contributed by atoms with van der Waals surface area (Å²) in [5.41, 5.74) is 0.467. The average molecular weight is 644 g/mol. The third-order valence-electron chi connectivity index (χ3n) is 9.48. The summed E-state index contributed by atoms with van der Waals surface area (Å²) in [6, 6.07) is 17.9. The van der Waals surface area contributed by atoms with Gasteiger partial charge in [0.25, 0.3) is 0 Å². The highest BCUT2D eigenvalue weighted by molar-refractivity contribution is 5.98. The molecule has 0 aliphatic carbocycles. The summed E-state index contributed by atoms with van der Waals surface area (Å²) in [7, 11) is 0. The number of carbonyl (C=O) groups excluding carboxylic acids is 4. The zero-order chi connectivity index (χ0) is 33.4. The fourth-order valence-electron chi connectivity index (χ4n) is 7.34. The summed E-state index contributed by atoms with van der Waals surface area (Å²) >= 11 is 0. The number of hydrogen-bond donors (Lipinski definition) is 2. The molecule has 3 heterocycles. The molecule has 3 saturated heterocycles. The number of aliphatic hydroxyl groups excluding tert-OH is 1. The molecular weight excluding hydrogens is 598 g/mol. The number of nitrogens with one attached hydrogen (secondary N) is 1. The molecule has 47 heavy (non-hydrogen) atoms. The highest BCUT2D eigenvalue weighted by atomic mass is 16.6. The fraction of sp³-hybridized carbons (Fsp3) is 0.459. The van der Waals surface area contributed by atoms with E-state index in [0.29, 0.717) is 44.2 Å². The Morgan fingerprint density at radius 2 is 1.81 bits per heavy atom. The number of amides is 3. The van der Waals surface area contributed by atoms with Crippen LogP contribution >= 0.6 is 0 Å². The molecule has 5 rings (SSSR count). The van der Waals surface area contributed by atoms with Crippen molar-refractivity contribution in [2.45, 2.75) is 68.9 Å². The standard InChI is InChI=1S/C37H45N3O7/c1-3-5-18-30(42)38-24-29(27-16-10-7-11-17-27)46-36(45)31-28-19-20-37(47-28)32(31)34(43)40(22-12-13-23-41)33(37)35(44)39(21-4-2)25-26-14-8-6-9-15-26/h3-4,6-11,14-17,28-29,31-33,41H,1-2,5,12-13,18-25H2,(H,38,42)/t28-,29-,31+,32+,33-,37+/m0/s1. The highest BCUT2D eigenvalue weighted by Crippen LogP contribution is 2.59. The number of carbonyl (C=O) groups is 4. The molecule has 2 N–H and O–H groups in total. The molecule has 0 unspecified atom stereocenters. The van der Waals surface area contributed by atoms with E-state index >= 15 is 0 Å². The Kier molecular flexibility index (Phi) is 11.3. The van der Waals surface area contributed by atoms with Crippen molar-refractivity contribution in [2.24, 2.45) is 11.8 Å². The van der Waals surface area contributed by atoms with E-state index in [9.17, 15) is 24.3 Å². The van der Waals surface area contributed by atoms with Crippen LogP contribution in [0.25, 0.3) is 0 Å². The van der Waals surface area contributed by atoms with E-state index in [1.165, 1.54) is 0 Å². The molecule has 3 fully saturated rings. The Bertz CT molecular complexity index is 1430. The molecule has 1 spiro atoms. The number of nitrogens with zero attached hydrogens (tertiary/aromatic N) is 2. The number of benzene rings is 2. The highest BCUT2D eigenvalue weighted by Gasteiger charge is 2.75. The summed E-state index contributed by atoms with van der Waals surface area (Å²) in [5.74, 6) is -3.13. The van der Waals surface area contributed by atoms with E-state index in [2.05, 4.69) is 18.5 Å². The molecule has 250 valence electrons. The largest absolute Gasteiger partial charge is 0.455 e. The molecule has 2 bridgehead atoms. The second-order valence-electron chi connectivity index (χ2n) is 12.5. The summed E-state index contributed by atoms with van der Waals surface area (Å²) in [6.07, 6.45) is 4.69. The number of hydrogen-bond acceptors (Lipinski definition) is 7. The normalized spacial score (nSPS) is 24.8. The van der Waals surface area contributed by atoms with Crippen LogP contribution in [0.1, 0.15) is 55.8 Å². The minimum Gasteiger partial charge on any atom is -0.455 e. The molecule has 0 saturated carbocycles. The number of fused-ring (bicyclic) bond motifs is 1. The van der Waals surface area contributed by atoms with Crippen molar-refractivity contribution >= 4 is 23.7 Å². The SMILES string of the molecule is C=CCCC(=O)NC[C@H](OC(=O)[C@@H]1[C@@H]2CC[C@]3(O2)[C@H](C(=O)N(CC=C)Cc2ccccc2)N(CCCCO)C(=O)[C@@H]13)c1ccccc1. The van der Waals surface area contributed by atoms with Gasteiger partial charge in [-0.05, 0) is 43.2 Å². The van der Waals surface area contributed by atoms with Gasteiger partial charge in [0.2, 0.25) is 17.7 Å². The summed E-state index contributed by atoms with van der Waals surface area (Å²) < 4.78 is 12.7. The zero-order valence-electron chi connectivity index (χ0n) is 26.8. The quantitative estimate of drug-likeness (QED) is 0.153. The van der Waals surface area contributed by atoms with Gasteiger partial charge in [-0.1, -0.05) is 72.8 Å². The Hall–Kier alpha value is -4.28. The van der Waals surface area contributed by atoms with Crippen molar-refractivity contribution in [3.05, 3.63) is 97.1 Å². The number of esters is 1. The first-order chi connectivity index (χ1) is 22.8. The minimum absolute atomic E-state index is 0.0374. The summed E-state index contributed by atoms with van der Waals surface area (Å²) in [4.78, 5) is 58.6. The van der Waals surface area contributed by atoms with Gasteiger partial charge in [-0.3, -0.25) is 19.2 Å². The van der Waals surface area contributed by atoms with E-state index in [-0.39, 0.29) is 50.4 Å². The molecule has 3 aliphatic heterocycles. The van der Waals surface area contributed by atoms with Crippen LogP contribution in [-0.4, -0.2) is 82.6 Å². The maximum absolute atomic E-state index is 14.5. The Morgan fingerprint density at radius 1 is 1.09 bits per heavy atom. The lowest BCUT2D eigenvalue weighted by Gasteiger charge is -2.37. The number of unbranched alkanes of at least 4 members (excludes halogenated alkanes) is 1. The van der Waals surface area contributed by atoms with Crippen molar-refractivity contribution in [1.29, 1.82) is 0 Å². The van der Waals surface area contributed by atoms with Crippen LogP contribution in [0.3, 0.4) is 0 Å². The fourth-order valence-corrected chi connectivity index (χ4v) is 7.34. The molecule has 0 radical (unpaired) electrons. The molecule has 3 amide bonds. The number of ether oxygens (including phenoxy) is 2. The predicted molar refractivity (Wildman–Crippen MR) is 175 cm³/mol. The first kappa shape index (κ1) is 34.1. The van der Waals surface area contributed by atoms with Crippen LogP contribution < -0.4 is 5.32 Å². The van der Waals surface area contributed by atoms with Gasteiger partial charge >= 0.3 is 5.97 Å².